The minimum atomic E-state index is -1.50. The lowest BCUT2D eigenvalue weighted by atomic mass is 9.91. The van der Waals surface area contributed by atoms with Gasteiger partial charge in [0.25, 0.3) is 0 Å². The number of hydrogen-bond acceptors (Lipinski definition) is 4. The highest BCUT2D eigenvalue weighted by molar-refractivity contribution is 5.87. The Morgan fingerprint density at radius 2 is 1.89 bits per heavy atom. The summed E-state index contributed by atoms with van der Waals surface area (Å²) in [5.74, 6) is -0.494. The van der Waals surface area contributed by atoms with E-state index in [2.05, 4.69) is 5.32 Å². The van der Waals surface area contributed by atoms with E-state index >= 15 is 0 Å². The Labute approximate surface area is 110 Å². The maximum atomic E-state index is 11.4. The van der Waals surface area contributed by atoms with Gasteiger partial charge in [-0.15, -0.1) is 0 Å². The highest BCUT2D eigenvalue weighted by Crippen LogP contribution is 2.34. The molecule has 2 N–H and O–H groups in total. The van der Waals surface area contributed by atoms with Crippen LogP contribution < -0.4 is 14.8 Å². The minimum absolute atomic E-state index is 0.417. The van der Waals surface area contributed by atoms with E-state index in [4.69, 9.17) is 9.47 Å². The molecule has 1 atom stereocenters. The van der Waals surface area contributed by atoms with Crippen LogP contribution in [0, 0.1) is 0 Å². The monoisotopic (exact) mass is 265 g/mol. The number of carboxylic acids is 1. The molecule has 1 heterocycles. The lowest BCUT2D eigenvalue weighted by Crippen LogP contribution is -2.48. The van der Waals surface area contributed by atoms with Crippen molar-refractivity contribution in [2.24, 2.45) is 0 Å². The molecule has 0 radical (unpaired) electrons. The highest BCUT2D eigenvalue weighted by Gasteiger charge is 2.37. The Bertz CT molecular complexity index is 528. The number of fused-ring (bicyclic) bond motifs is 1. The first kappa shape index (κ1) is 13.2. The van der Waals surface area contributed by atoms with Gasteiger partial charge in [0.2, 0.25) is 5.91 Å². The van der Waals surface area contributed by atoms with Crippen molar-refractivity contribution in [2.75, 3.05) is 13.2 Å². The van der Waals surface area contributed by atoms with Gasteiger partial charge in [0, 0.05) is 6.92 Å². The zero-order valence-corrected chi connectivity index (χ0v) is 10.7. The predicted molar refractivity (Wildman–Crippen MR) is 66.2 cm³/mol. The van der Waals surface area contributed by atoms with Crippen LogP contribution in [0.1, 0.15) is 19.4 Å². The average Bonchev–Trinajstić information content (AvgIpc) is 2.37. The molecule has 0 saturated carbocycles. The SMILES string of the molecule is CC(=O)NC(C)(C(=O)O)c1ccc2c(c1)OCCO2. The molecule has 0 saturated heterocycles. The molecule has 0 aliphatic carbocycles. The molecule has 1 aliphatic rings. The summed E-state index contributed by atoms with van der Waals surface area (Å²) in [5.41, 5.74) is -1.07. The number of rotatable bonds is 3. The Kier molecular flexibility index (Phi) is 3.33. The van der Waals surface area contributed by atoms with Crippen LogP contribution in [0.5, 0.6) is 11.5 Å². The molecule has 19 heavy (non-hydrogen) atoms. The van der Waals surface area contributed by atoms with E-state index in [0.29, 0.717) is 30.3 Å². The maximum Gasteiger partial charge on any atom is 0.333 e. The topological polar surface area (TPSA) is 84.9 Å². The van der Waals surface area contributed by atoms with Gasteiger partial charge in [-0.2, -0.15) is 0 Å². The molecule has 2 rings (SSSR count). The van der Waals surface area contributed by atoms with E-state index in [9.17, 15) is 14.7 Å². The highest BCUT2D eigenvalue weighted by atomic mass is 16.6. The van der Waals surface area contributed by atoms with Crippen molar-refractivity contribution in [3.05, 3.63) is 23.8 Å². The first-order chi connectivity index (χ1) is 8.93. The number of benzene rings is 1. The predicted octanol–water partition coefficient (Wildman–Crippen LogP) is 0.894. The van der Waals surface area contributed by atoms with Crippen molar-refractivity contribution in [1.29, 1.82) is 0 Å². The molecule has 1 unspecified atom stereocenters. The largest absolute Gasteiger partial charge is 0.486 e. The number of amides is 1. The fourth-order valence-corrected chi connectivity index (χ4v) is 1.96. The molecule has 102 valence electrons. The van der Waals surface area contributed by atoms with Crippen LogP contribution in [-0.4, -0.2) is 30.2 Å². The van der Waals surface area contributed by atoms with Crippen molar-refractivity contribution < 1.29 is 24.2 Å². The third-order valence-corrected chi connectivity index (χ3v) is 2.97. The van der Waals surface area contributed by atoms with Crippen LogP contribution in [0.15, 0.2) is 18.2 Å². The summed E-state index contributed by atoms with van der Waals surface area (Å²) >= 11 is 0. The van der Waals surface area contributed by atoms with E-state index in [-0.39, 0.29) is 0 Å². The quantitative estimate of drug-likeness (QED) is 0.848. The molecule has 1 aromatic carbocycles. The number of carboxylic acid groups (broad SMARTS) is 1. The molecular weight excluding hydrogens is 250 g/mol. The molecule has 6 nitrogen and oxygen atoms in total. The molecule has 6 heteroatoms. The van der Waals surface area contributed by atoms with Gasteiger partial charge >= 0.3 is 5.97 Å². The number of nitrogens with one attached hydrogen (secondary N) is 1. The first-order valence-corrected chi connectivity index (χ1v) is 5.86. The van der Waals surface area contributed by atoms with Gasteiger partial charge in [-0.1, -0.05) is 6.07 Å². The average molecular weight is 265 g/mol. The van der Waals surface area contributed by atoms with Crippen LogP contribution in [0.3, 0.4) is 0 Å². The van der Waals surface area contributed by atoms with Gasteiger partial charge in [0.05, 0.1) is 0 Å². The molecule has 1 aromatic rings. The molecular formula is C13H15NO5. The number of aliphatic carboxylic acids is 1. The fraction of sp³-hybridized carbons (Fsp3) is 0.385. The van der Waals surface area contributed by atoms with Crippen molar-refractivity contribution in [1.82, 2.24) is 5.32 Å². The summed E-state index contributed by atoms with van der Waals surface area (Å²) in [7, 11) is 0. The minimum Gasteiger partial charge on any atom is -0.486 e. The van der Waals surface area contributed by atoms with Crippen molar-refractivity contribution in [3.8, 4) is 11.5 Å². The summed E-state index contributed by atoms with van der Waals surface area (Å²) in [6.45, 7) is 3.59. The van der Waals surface area contributed by atoms with Crippen LogP contribution in [0.2, 0.25) is 0 Å². The second-order valence-electron chi connectivity index (χ2n) is 4.47. The summed E-state index contributed by atoms with van der Waals surface area (Å²) in [6, 6.07) is 4.84. The Morgan fingerprint density at radius 3 is 2.47 bits per heavy atom. The molecule has 0 fully saturated rings. The van der Waals surface area contributed by atoms with Crippen molar-refractivity contribution in [2.45, 2.75) is 19.4 Å². The maximum absolute atomic E-state index is 11.4. The zero-order chi connectivity index (χ0) is 14.0. The number of carbonyl (C=O) groups is 2. The third kappa shape index (κ3) is 2.47. The summed E-state index contributed by atoms with van der Waals surface area (Å²) in [5, 5.41) is 11.8. The van der Waals surface area contributed by atoms with Gasteiger partial charge in [0.1, 0.15) is 13.2 Å². The van der Waals surface area contributed by atoms with Gasteiger partial charge in [0.15, 0.2) is 17.0 Å². The van der Waals surface area contributed by atoms with E-state index in [1.807, 2.05) is 0 Å². The number of hydrogen-bond donors (Lipinski definition) is 2. The number of carbonyl (C=O) groups excluding carboxylic acids is 1. The lowest BCUT2D eigenvalue weighted by Gasteiger charge is -2.28. The van der Waals surface area contributed by atoms with Gasteiger partial charge in [-0.25, -0.2) is 4.79 Å². The fourth-order valence-electron chi connectivity index (χ4n) is 1.96. The van der Waals surface area contributed by atoms with Crippen LogP contribution in [-0.2, 0) is 15.1 Å². The van der Waals surface area contributed by atoms with E-state index in [0.717, 1.165) is 0 Å². The zero-order valence-electron chi connectivity index (χ0n) is 10.7. The van der Waals surface area contributed by atoms with Crippen LogP contribution in [0.4, 0.5) is 0 Å². The van der Waals surface area contributed by atoms with Crippen LogP contribution >= 0.6 is 0 Å². The van der Waals surface area contributed by atoms with E-state index in [1.165, 1.54) is 13.8 Å². The molecule has 1 amide bonds. The Hall–Kier alpha value is -2.24. The lowest BCUT2D eigenvalue weighted by molar-refractivity contribution is -0.147. The van der Waals surface area contributed by atoms with Crippen molar-refractivity contribution >= 4 is 11.9 Å². The Morgan fingerprint density at radius 1 is 1.26 bits per heavy atom. The summed E-state index contributed by atoms with van der Waals surface area (Å²) in [6.07, 6.45) is 0. The van der Waals surface area contributed by atoms with Gasteiger partial charge in [-0.05, 0) is 24.6 Å². The normalized spacial score (nSPS) is 16.3. The van der Waals surface area contributed by atoms with Crippen molar-refractivity contribution in [3.63, 3.8) is 0 Å². The molecule has 0 aromatic heterocycles. The Balaban J connectivity index is 2.42. The molecule has 0 spiro atoms. The summed E-state index contributed by atoms with van der Waals surface area (Å²) in [4.78, 5) is 22.6. The molecule has 0 bridgehead atoms. The smallest absolute Gasteiger partial charge is 0.333 e. The second kappa shape index (κ2) is 4.79. The number of ether oxygens (including phenoxy) is 2. The van der Waals surface area contributed by atoms with Crippen LogP contribution in [0.25, 0.3) is 0 Å². The first-order valence-electron chi connectivity index (χ1n) is 5.86. The summed E-state index contributed by atoms with van der Waals surface area (Å²) < 4.78 is 10.8. The second-order valence-corrected chi connectivity index (χ2v) is 4.47. The van der Waals surface area contributed by atoms with E-state index < -0.39 is 17.4 Å². The van der Waals surface area contributed by atoms with Gasteiger partial charge in [-0.3, -0.25) is 4.79 Å². The van der Waals surface area contributed by atoms with E-state index in [1.54, 1.807) is 18.2 Å². The van der Waals surface area contributed by atoms with Gasteiger partial charge < -0.3 is 19.9 Å². The standard InChI is InChI=1S/C13H15NO5/c1-8(15)14-13(2,12(16)17)9-3-4-10-11(7-9)19-6-5-18-10/h3-4,7H,5-6H2,1-2H3,(H,14,15)(H,16,17). The molecule has 1 aliphatic heterocycles. The third-order valence-electron chi connectivity index (χ3n) is 2.97.